The fraction of sp³-hybridized carbons (Fsp3) is 0.385. The van der Waals surface area contributed by atoms with Crippen molar-refractivity contribution in [1.82, 2.24) is 9.97 Å². The summed E-state index contributed by atoms with van der Waals surface area (Å²) in [6.07, 6.45) is 0. The molecule has 0 spiro atoms. The quantitative estimate of drug-likeness (QED) is 0.747. The molecule has 0 aliphatic carbocycles. The Hall–Kier alpha value is -1.22. The maximum atomic E-state index is 4.65. The number of aryl methyl sites for hydroxylation is 1. The van der Waals surface area contributed by atoms with Crippen molar-refractivity contribution in [2.75, 3.05) is 0 Å². The molecule has 16 heavy (non-hydrogen) atoms. The molecule has 2 aromatic rings. The predicted molar refractivity (Wildman–Crippen MR) is 68.8 cm³/mol. The number of nitrogens with zero attached hydrogens (tertiary/aromatic N) is 2. The van der Waals surface area contributed by atoms with Crippen molar-refractivity contribution in [2.24, 2.45) is 0 Å². The van der Waals surface area contributed by atoms with E-state index in [1.54, 1.807) is 11.3 Å². The van der Waals surface area contributed by atoms with Gasteiger partial charge >= 0.3 is 0 Å². The van der Waals surface area contributed by atoms with Crippen molar-refractivity contribution in [3.63, 3.8) is 0 Å². The second kappa shape index (κ2) is 3.98. The van der Waals surface area contributed by atoms with Crippen LogP contribution in [0.15, 0.2) is 23.6 Å². The minimum Gasteiger partial charge on any atom is -0.251 e. The van der Waals surface area contributed by atoms with Crippen molar-refractivity contribution in [1.29, 1.82) is 0 Å². The highest BCUT2D eigenvalue weighted by Crippen LogP contribution is 2.28. The summed E-state index contributed by atoms with van der Waals surface area (Å²) in [6.45, 7) is 8.53. The summed E-state index contributed by atoms with van der Waals surface area (Å²) < 4.78 is 0. The maximum absolute atomic E-state index is 4.65. The Bertz CT molecular complexity index is 495. The van der Waals surface area contributed by atoms with Crippen LogP contribution in [0.5, 0.6) is 0 Å². The first-order valence-corrected chi connectivity index (χ1v) is 6.25. The van der Waals surface area contributed by atoms with Gasteiger partial charge in [-0.25, -0.2) is 4.98 Å². The van der Waals surface area contributed by atoms with Crippen molar-refractivity contribution in [2.45, 2.75) is 33.1 Å². The number of aromatic nitrogens is 2. The second-order valence-electron chi connectivity index (χ2n) is 4.95. The molecular formula is C13H16N2S. The van der Waals surface area contributed by atoms with Crippen LogP contribution in [-0.2, 0) is 5.41 Å². The lowest BCUT2D eigenvalue weighted by Crippen LogP contribution is -2.11. The molecule has 0 N–H and O–H groups in total. The van der Waals surface area contributed by atoms with Gasteiger partial charge in [0.2, 0.25) is 0 Å². The van der Waals surface area contributed by atoms with Crippen LogP contribution < -0.4 is 0 Å². The van der Waals surface area contributed by atoms with Crippen molar-refractivity contribution >= 4 is 11.3 Å². The second-order valence-corrected chi connectivity index (χ2v) is 5.81. The van der Waals surface area contributed by atoms with Crippen LogP contribution in [0, 0.1) is 6.92 Å². The molecule has 0 aliphatic rings. The first kappa shape index (κ1) is 11.3. The van der Waals surface area contributed by atoms with Gasteiger partial charge in [0, 0.05) is 16.5 Å². The first-order chi connectivity index (χ1) is 7.47. The van der Waals surface area contributed by atoms with E-state index in [-0.39, 0.29) is 5.41 Å². The summed E-state index contributed by atoms with van der Waals surface area (Å²) in [5, 5.41) is 3.13. The van der Waals surface area contributed by atoms with Gasteiger partial charge in [-0.2, -0.15) is 0 Å². The van der Waals surface area contributed by atoms with Crippen LogP contribution in [0.1, 0.15) is 32.2 Å². The Morgan fingerprint density at radius 2 is 1.88 bits per heavy atom. The van der Waals surface area contributed by atoms with E-state index in [2.05, 4.69) is 36.1 Å². The molecule has 0 aliphatic heterocycles. The zero-order valence-electron chi connectivity index (χ0n) is 10.1. The molecule has 0 saturated carbocycles. The minimum absolute atomic E-state index is 0.110. The number of rotatable bonds is 1. The average Bonchev–Trinajstić information content (AvgIpc) is 2.65. The molecule has 0 saturated heterocycles. The Morgan fingerprint density at radius 3 is 2.44 bits per heavy atom. The number of pyridine rings is 1. The van der Waals surface area contributed by atoms with Gasteiger partial charge in [-0.15, -0.1) is 11.3 Å². The Morgan fingerprint density at radius 1 is 1.12 bits per heavy atom. The highest BCUT2D eigenvalue weighted by Gasteiger charge is 2.18. The summed E-state index contributed by atoms with van der Waals surface area (Å²) >= 11 is 1.66. The topological polar surface area (TPSA) is 25.8 Å². The molecule has 2 heterocycles. The van der Waals surface area contributed by atoms with E-state index in [0.29, 0.717) is 0 Å². The van der Waals surface area contributed by atoms with Gasteiger partial charge in [-0.3, -0.25) is 4.98 Å². The summed E-state index contributed by atoms with van der Waals surface area (Å²) in [7, 11) is 0. The van der Waals surface area contributed by atoms with E-state index in [9.17, 15) is 0 Å². The molecule has 3 heteroatoms. The SMILES string of the molecule is Cc1cccc(-c2nc(C(C)(C)C)cs2)n1. The van der Waals surface area contributed by atoms with Gasteiger partial charge in [0.1, 0.15) is 5.01 Å². The molecule has 0 aromatic carbocycles. The smallest absolute Gasteiger partial charge is 0.142 e. The van der Waals surface area contributed by atoms with Gasteiger partial charge in [0.05, 0.1) is 11.4 Å². The molecular weight excluding hydrogens is 216 g/mol. The Kier molecular flexibility index (Phi) is 2.80. The molecule has 0 unspecified atom stereocenters. The van der Waals surface area contributed by atoms with Crippen molar-refractivity contribution < 1.29 is 0 Å². The van der Waals surface area contributed by atoms with E-state index in [0.717, 1.165) is 22.1 Å². The molecule has 2 nitrogen and oxygen atoms in total. The summed E-state index contributed by atoms with van der Waals surface area (Å²) in [6, 6.07) is 6.04. The van der Waals surface area contributed by atoms with Gasteiger partial charge in [0.25, 0.3) is 0 Å². The molecule has 0 radical (unpaired) electrons. The lowest BCUT2D eigenvalue weighted by atomic mass is 9.93. The molecule has 2 aromatic heterocycles. The van der Waals surface area contributed by atoms with Crippen LogP contribution >= 0.6 is 11.3 Å². The van der Waals surface area contributed by atoms with E-state index in [1.807, 2.05) is 25.1 Å². The summed E-state index contributed by atoms with van der Waals surface area (Å²) in [4.78, 5) is 9.14. The van der Waals surface area contributed by atoms with Crippen molar-refractivity contribution in [3.05, 3.63) is 35.0 Å². The lowest BCUT2D eigenvalue weighted by Gasteiger charge is -2.14. The molecule has 0 bridgehead atoms. The number of hydrogen-bond acceptors (Lipinski definition) is 3. The van der Waals surface area contributed by atoms with Gasteiger partial charge in [-0.05, 0) is 19.1 Å². The third-order valence-electron chi connectivity index (χ3n) is 2.38. The molecule has 84 valence electrons. The van der Waals surface area contributed by atoms with Gasteiger partial charge < -0.3 is 0 Å². The predicted octanol–water partition coefficient (Wildman–Crippen LogP) is 3.81. The summed E-state index contributed by atoms with van der Waals surface area (Å²) in [5.41, 5.74) is 3.25. The van der Waals surface area contributed by atoms with Crippen LogP contribution in [-0.4, -0.2) is 9.97 Å². The molecule has 0 amide bonds. The summed E-state index contributed by atoms with van der Waals surface area (Å²) in [5.74, 6) is 0. The van der Waals surface area contributed by atoms with Crippen LogP contribution in [0.3, 0.4) is 0 Å². The molecule has 2 rings (SSSR count). The normalized spacial score (nSPS) is 11.8. The maximum Gasteiger partial charge on any atom is 0.142 e. The average molecular weight is 232 g/mol. The largest absolute Gasteiger partial charge is 0.251 e. The Balaban J connectivity index is 2.39. The molecule has 0 atom stereocenters. The van der Waals surface area contributed by atoms with E-state index in [4.69, 9.17) is 0 Å². The van der Waals surface area contributed by atoms with Gasteiger partial charge in [-0.1, -0.05) is 26.8 Å². The zero-order chi connectivity index (χ0) is 11.8. The number of hydrogen-bond donors (Lipinski definition) is 0. The first-order valence-electron chi connectivity index (χ1n) is 5.37. The van der Waals surface area contributed by atoms with Crippen molar-refractivity contribution in [3.8, 4) is 10.7 Å². The third kappa shape index (κ3) is 2.30. The molecule has 0 fully saturated rings. The van der Waals surface area contributed by atoms with Crippen LogP contribution in [0.25, 0.3) is 10.7 Å². The fourth-order valence-electron chi connectivity index (χ4n) is 1.40. The van der Waals surface area contributed by atoms with Crippen LogP contribution in [0.2, 0.25) is 0 Å². The highest BCUT2D eigenvalue weighted by atomic mass is 32.1. The standard InChI is InChI=1S/C13H16N2S/c1-9-6-5-7-10(14-9)12-15-11(8-16-12)13(2,3)4/h5-8H,1-4H3. The fourth-order valence-corrected chi connectivity index (χ4v) is 2.41. The van der Waals surface area contributed by atoms with Crippen LogP contribution in [0.4, 0.5) is 0 Å². The highest BCUT2D eigenvalue weighted by molar-refractivity contribution is 7.13. The Labute approximate surface area is 100 Å². The zero-order valence-corrected chi connectivity index (χ0v) is 10.9. The van der Waals surface area contributed by atoms with E-state index >= 15 is 0 Å². The van der Waals surface area contributed by atoms with E-state index < -0.39 is 0 Å². The monoisotopic (exact) mass is 232 g/mol. The van der Waals surface area contributed by atoms with Gasteiger partial charge in [0.15, 0.2) is 0 Å². The third-order valence-corrected chi connectivity index (χ3v) is 3.24. The lowest BCUT2D eigenvalue weighted by molar-refractivity contribution is 0.573. The van der Waals surface area contributed by atoms with E-state index in [1.165, 1.54) is 0 Å². The number of thiazole rings is 1. The minimum atomic E-state index is 0.110.